The highest BCUT2D eigenvalue weighted by Gasteiger charge is 2.93. The van der Waals surface area contributed by atoms with Gasteiger partial charge in [0, 0.05) is 24.1 Å². The first-order valence-electron chi connectivity index (χ1n) is 9.66. The predicted molar refractivity (Wildman–Crippen MR) is 96.9 cm³/mol. The zero-order valence-electron chi connectivity index (χ0n) is 15.5. The van der Waals surface area contributed by atoms with Crippen LogP contribution in [0.4, 0.5) is 5.69 Å². The van der Waals surface area contributed by atoms with Crippen LogP contribution in [0.1, 0.15) is 31.7 Å². The lowest BCUT2D eigenvalue weighted by atomic mass is 9.50. The van der Waals surface area contributed by atoms with Crippen molar-refractivity contribution in [2.45, 2.75) is 49.0 Å². The smallest absolute Gasteiger partial charge is 0.343 e. The minimum Gasteiger partial charge on any atom is -0.467 e. The largest absolute Gasteiger partial charge is 0.467 e. The Morgan fingerprint density at radius 2 is 2.22 bits per heavy atom. The number of carbonyl (C=O) groups is 2. The van der Waals surface area contributed by atoms with Crippen molar-refractivity contribution in [2.75, 3.05) is 19.0 Å². The fourth-order valence-electron chi connectivity index (χ4n) is 6.87. The molecule has 4 aliphatic heterocycles. The minimum absolute atomic E-state index is 0.0241. The minimum atomic E-state index is -1.02. The van der Waals surface area contributed by atoms with Crippen molar-refractivity contribution < 1.29 is 19.1 Å². The molecule has 27 heavy (non-hydrogen) atoms. The Morgan fingerprint density at radius 1 is 1.41 bits per heavy atom. The molecular weight excluding hydrogens is 344 g/mol. The van der Waals surface area contributed by atoms with Crippen molar-refractivity contribution in [1.82, 2.24) is 4.90 Å². The van der Waals surface area contributed by atoms with E-state index in [1.165, 1.54) is 7.11 Å². The zero-order chi connectivity index (χ0) is 18.7. The van der Waals surface area contributed by atoms with Crippen molar-refractivity contribution in [3.05, 3.63) is 42.0 Å². The van der Waals surface area contributed by atoms with E-state index >= 15 is 0 Å². The number of para-hydroxylation sites is 1. The highest BCUT2D eigenvalue weighted by atomic mass is 16.7. The number of ether oxygens (including phenoxy) is 2. The van der Waals surface area contributed by atoms with Gasteiger partial charge >= 0.3 is 5.97 Å². The van der Waals surface area contributed by atoms with Gasteiger partial charge < -0.3 is 19.7 Å². The van der Waals surface area contributed by atoms with Crippen LogP contribution in [0.25, 0.3) is 0 Å². The summed E-state index contributed by atoms with van der Waals surface area (Å²) in [5, 5.41) is 3.57. The fourth-order valence-corrected chi connectivity index (χ4v) is 6.87. The van der Waals surface area contributed by atoms with Crippen LogP contribution in [0.15, 0.2) is 36.4 Å². The number of rotatable bonds is 2. The van der Waals surface area contributed by atoms with Crippen LogP contribution >= 0.6 is 0 Å². The molecule has 0 unspecified atom stereocenters. The molecule has 0 aromatic heterocycles. The van der Waals surface area contributed by atoms with Gasteiger partial charge in [-0.1, -0.05) is 31.2 Å². The second kappa shape index (κ2) is 4.38. The molecule has 0 bridgehead atoms. The first-order chi connectivity index (χ1) is 13.0. The molecule has 0 radical (unpaired) electrons. The topological polar surface area (TPSA) is 71.2 Å². The number of fused-ring (bicyclic) bond motifs is 1. The third kappa shape index (κ3) is 1.35. The summed E-state index contributed by atoms with van der Waals surface area (Å²) in [5.74, 6) is -0.260. The van der Waals surface area contributed by atoms with E-state index in [9.17, 15) is 9.59 Å². The van der Waals surface area contributed by atoms with Crippen molar-refractivity contribution in [3.8, 4) is 0 Å². The number of esters is 1. The van der Waals surface area contributed by atoms with Crippen LogP contribution in [-0.2, 0) is 24.5 Å². The number of anilines is 1. The number of methoxy groups -OCH3 is 1. The molecule has 5 atom stereocenters. The third-order valence-electron chi connectivity index (χ3n) is 7.86. The molecule has 4 heterocycles. The number of nitrogens with one attached hydrogen (secondary N) is 1. The first-order valence-corrected chi connectivity index (χ1v) is 9.66. The molecule has 6 nitrogen and oxygen atoms in total. The van der Waals surface area contributed by atoms with Crippen molar-refractivity contribution in [3.63, 3.8) is 0 Å². The van der Waals surface area contributed by atoms with Crippen LogP contribution in [0.2, 0.25) is 0 Å². The number of hydrogen-bond acceptors (Lipinski definition) is 5. The molecule has 3 fully saturated rings. The van der Waals surface area contributed by atoms with E-state index in [1.807, 2.05) is 29.2 Å². The maximum Gasteiger partial charge on any atom is 0.343 e. The van der Waals surface area contributed by atoms with Gasteiger partial charge in [-0.3, -0.25) is 4.79 Å². The SMILES string of the molecule is CC[C@]12C=CC(=O)N3CC[C@@]4(c5ccccc5N[C@]45O[C@]5(C(=O)OC)C1)[C@@H]32. The van der Waals surface area contributed by atoms with Crippen molar-refractivity contribution in [1.29, 1.82) is 0 Å². The van der Waals surface area contributed by atoms with Crippen LogP contribution in [0.5, 0.6) is 0 Å². The van der Waals surface area contributed by atoms with Gasteiger partial charge in [0.05, 0.1) is 18.6 Å². The number of benzene rings is 1. The first kappa shape index (κ1) is 15.7. The molecule has 1 aromatic carbocycles. The second-order valence-corrected chi connectivity index (χ2v) is 8.52. The summed E-state index contributed by atoms with van der Waals surface area (Å²) in [6, 6.07) is 8.16. The Hall–Kier alpha value is -2.34. The number of amides is 1. The Labute approximate surface area is 157 Å². The summed E-state index contributed by atoms with van der Waals surface area (Å²) in [5.41, 5.74) is -0.457. The fraction of sp³-hybridized carbons (Fsp3) is 0.524. The maximum atomic E-state index is 13.0. The second-order valence-electron chi connectivity index (χ2n) is 8.52. The molecule has 2 saturated heterocycles. The quantitative estimate of drug-likeness (QED) is 0.640. The summed E-state index contributed by atoms with van der Waals surface area (Å²) in [4.78, 5) is 27.7. The van der Waals surface area contributed by atoms with Gasteiger partial charge in [-0.2, -0.15) is 0 Å². The van der Waals surface area contributed by atoms with Crippen LogP contribution in [0.3, 0.4) is 0 Å². The van der Waals surface area contributed by atoms with Gasteiger partial charge in [0.25, 0.3) is 0 Å². The highest BCUT2D eigenvalue weighted by Crippen LogP contribution is 2.77. The lowest BCUT2D eigenvalue weighted by molar-refractivity contribution is -0.150. The molecule has 6 heteroatoms. The van der Waals surface area contributed by atoms with Crippen LogP contribution < -0.4 is 5.32 Å². The van der Waals surface area contributed by atoms with Crippen molar-refractivity contribution in [2.24, 2.45) is 5.41 Å². The summed E-state index contributed by atoms with van der Waals surface area (Å²) >= 11 is 0. The number of carbonyl (C=O) groups excluding carboxylic acids is 2. The van der Waals surface area contributed by atoms with Gasteiger partial charge in [-0.05, 0) is 30.5 Å². The molecule has 1 aliphatic carbocycles. The lowest BCUT2D eigenvalue weighted by Gasteiger charge is -2.54. The monoisotopic (exact) mass is 366 g/mol. The van der Waals surface area contributed by atoms with E-state index in [-0.39, 0.29) is 23.3 Å². The summed E-state index contributed by atoms with van der Waals surface area (Å²) < 4.78 is 11.7. The summed E-state index contributed by atoms with van der Waals surface area (Å²) in [6.07, 6.45) is 5.86. The van der Waals surface area contributed by atoms with Crippen molar-refractivity contribution >= 4 is 17.6 Å². The van der Waals surface area contributed by atoms with Gasteiger partial charge in [-0.25, -0.2) is 4.79 Å². The van der Waals surface area contributed by atoms with E-state index in [2.05, 4.69) is 18.3 Å². The normalized spacial score (nSPS) is 44.7. The van der Waals surface area contributed by atoms with E-state index in [1.54, 1.807) is 6.08 Å². The molecule has 1 N–H and O–H groups in total. The molecule has 1 amide bonds. The number of nitrogens with zero attached hydrogens (tertiary/aromatic N) is 1. The van der Waals surface area contributed by atoms with Crippen LogP contribution in [-0.4, -0.2) is 47.8 Å². The average molecular weight is 366 g/mol. The molecule has 1 aromatic rings. The van der Waals surface area contributed by atoms with E-state index < -0.39 is 16.7 Å². The summed E-state index contributed by atoms with van der Waals surface area (Å²) in [7, 11) is 1.42. The Kier molecular flexibility index (Phi) is 2.55. The van der Waals surface area contributed by atoms with Gasteiger partial charge in [0.15, 0.2) is 5.72 Å². The molecule has 1 saturated carbocycles. The Bertz CT molecular complexity index is 944. The standard InChI is InChI=1S/C21H22N2O4/c1-3-18-9-8-15(24)23-11-10-19(16(18)23)13-6-4-5-7-14(13)22-21(19)20(12-18,27-21)17(25)26-2/h4-9,16,22H,3,10-12H2,1-2H3/t16-,18-,19+,20-,21-/m0/s1. The molecule has 5 aliphatic rings. The Morgan fingerprint density at radius 3 is 3.00 bits per heavy atom. The van der Waals surface area contributed by atoms with E-state index in [0.29, 0.717) is 13.0 Å². The third-order valence-corrected chi connectivity index (χ3v) is 7.86. The maximum absolute atomic E-state index is 13.0. The average Bonchev–Trinajstić information content (AvgIpc) is 3.03. The number of epoxide rings is 1. The van der Waals surface area contributed by atoms with Gasteiger partial charge in [-0.15, -0.1) is 0 Å². The molecular formula is C21H22N2O4. The molecule has 6 rings (SSSR count). The molecule has 140 valence electrons. The Balaban J connectivity index is 1.68. The number of hydrogen-bond donors (Lipinski definition) is 1. The molecule has 2 spiro atoms. The van der Waals surface area contributed by atoms with Gasteiger partial charge in [0.2, 0.25) is 11.5 Å². The zero-order valence-corrected chi connectivity index (χ0v) is 15.5. The van der Waals surface area contributed by atoms with E-state index in [0.717, 1.165) is 24.1 Å². The van der Waals surface area contributed by atoms with E-state index in [4.69, 9.17) is 9.47 Å². The van der Waals surface area contributed by atoms with Crippen LogP contribution in [0, 0.1) is 5.41 Å². The highest BCUT2D eigenvalue weighted by molar-refractivity contribution is 5.94. The lowest BCUT2D eigenvalue weighted by Crippen LogP contribution is -2.68. The predicted octanol–water partition coefficient (Wildman–Crippen LogP) is 1.96. The van der Waals surface area contributed by atoms with Gasteiger partial charge in [0.1, 0.15) is 0 Å². The summed E-state index contributed by atoms with van der Waals surface area (Å²) in [6.45, 7) is 2.81.